The summed E-state index contributed by atoms with van der Waals surface area (Å²) in [6.45, 7) is 5.30. The van der Waals surface area contributed by atoms with E-state index < -0.39 is 16.1 Å². The Hall–Kier alpha value is -1.37. The van der Waals surface area contributed by atoms with Crippen molar-refractivity contribution in [3.05, 3.63) is 46.2 Å². The molecule has 4 nitrogen and oxygen atoms in total. The quantitative estimate of drug-likeness (QED) is 0.919. The van der Waals surface area contributed by atoms with Crippen molar-refractivity contribution in [2.45, 2.75) is 31.8 Å². The lowest BCUT2D eigenvalue weighted by molar-refractivity contribution is 0.204. The van der Waals surface area contributed by atoms with Gasteiger partial charge in [0.15, 0.2) is 0 Å². The Bertz CT molecular complexity index is 706. The topological polar surface area (TPSA) is 57.6 Å². The molecule has 1 heterocycles. The first-order valence-electron chi connectivity index (χ1n) is 6.65. The molecule has 0 amide bonds. The third kappa shape index (κ3) is 3.45. The Morgan fingerprint density at radius 3 is 2.33 bits per heavy atom. The van der Waals surface area contributed by atoms with Crippen molar-refractivity contribution in [2.75, 3.05) is 10.8 Å². The van der Waals surface area contributed by atoms with Gasteiger partial charge in [0.1, 0.15) is 4.90 Å². The molecule has 1 aromatic carbocycles. The monoisotopic (exact) mass is 325 g/mol. The number of rotatable bonds is 5. The fraction of sp³-hybridized carbons (Fsp3) is 0.333. The second-order valence-electron chi connectivity index (χ2n) is 5.00. The van der Waals surface area contributed by atoms with E-state index in [1.54, 1.807) is 44.2 Å². The Labute approximate surface area is 129 Å². The fourth-order valence-corrected chi connectivity index (χ4v) is 5.23. The molecule has 1 atom stereocenters. The van der Waals surface area contributed by atoms with E-state index in [2.05, 4.69) is 0 Å². The molecule has 6 heteroatoms. The van der Waals surface area contributed by atoms with Crippen LogP contribution in [-0.2, 0) is 10.0 Å². The van der Waals surface area contributed by atoms with Gasteiger partial charge in [0.2, 0.25) is 0 Å². The highest BCUT2D eigenvalue weighted by Crippen LogP contribution is 2.30. The first kappa shape index (κ1) is 16.0. The first-order valence-corrected chi connectivity index (χ1v) is 8.91. The summed E-state index contributed by atoms with van der Waals surface area (Å²) >= 11 is 1.46. The second kappa shape index (κ2) is 6.17. The van der Waals surface area contributed by atoms with Crippen molar-refractivity contribution in [1.82, 2.24) is 0 Å². The van der Waals surface area contributed by atoms with Crippen molar-refractivity contribution in [2.24, 2.45) is 0 Å². The summed E-state index contributed by atoms with van der Waals surface area (Å²) in [7, 11) is -3.68. The normalized spacial score (nSPS) is 13.1. The molecule has 2 rings (SSSR count). The standard InChI is InChI=1S/C15H19NO3S2/c1-11(17)10-16(14-7-5-4-6-8-14)21(18,19)15-9-12(2)20-13(15)3/h4-9,11,17H,10H2,1-3H3/t11-/m1/s1. The highest BCUT2D eigenvalue weighted by molar-refractivity contribution is 7.93. The average Bonchev–Trinajstić information content (AvgIpc) is 2.76. The SMILES string of the molecule is Cc1cc(S(=O)(=O)N(C[C@@H](C)O)c2ccccc2)c(C)s1. The van der Waals surface area contributed by atoms with E-state index in [-0.39, 0.29) is 6.54 Å². The van der Waals surface area contributed by atoms with Crippen LogP contribution in [0.3, 0.4) is 0 Å². The number of thiophene rings is 1. The van der Waals surface area contributed by atoms with E-state index in [4.69, 9.17) is 0 Å². The maximum atomic E-state index is 12.9. The van der Waals surface area contributed by atoms with Gasteiger partial charge in [0, 0.05) is 9.75 Å². The van der Waals surface area contributed by atoms with Gasteiger partial charge in [-0.1, -0.05) is 18.2 Å². The molecule has 0 unspecified atom stereocenters. The molecule has 0 radical (unpaired) electrons. The zero-order valence-corrected chi connectivity index (χ0v) is 13.9. The number of para-hydroxylation sites is 1. The average molecular weight is 325 g/mol. The van der Waals surface area contributed by atoms with Crippen molar-refractivity contribution in [3.63, 3.8) is 0 Å². The molecule has 21 heavy (non-hydrogen) atoms. The zero-order chi connectivity index (χ0) is 15.6. The number of benzene rings is 1. The summed E-state index contributed by atoms with van der Waals surface area (Å²) in [5, 5.41) is 9.67. The van der Waals surface area contributed by atoms with Crippen LogP contribution in [0.4, 0.5) is 5.69 Å². The van der Waals surface area contributed by atoms with Gasteiger partial charge >= 0.3 is 0 Å². The van der Waals surface area contributed by atoms with Gasteiger partial charge in [-0.3, -0.25) is 4.31 Å². The summed E-state index contributed by atoms with van der Waals surface area (Å²) in [5.41, 5.74) is 0.557. The Morgan fingerprint density at radius 1 is 1.24 bits per heavy atom. The fourth-order valence-electron chi connectivity index (χ4n) is 2.16. The van der Waals surface area contributed by atoms with Gasteiger partial charge in [-0.05, 0) is 39.0 Å². The number of nitrogens with zero attached hydrogens (tertiary/aromatic N) is 1. The molecule has 114 valence electrons. The van der Waals surface area contributed by atoms with Crippen molar-refractivity contribution in [1.29, 1.82) is 0 Å². The molecule has 0 aliphatic heterocycles. The molecule has 0 saturated carbocycles. The van der Waals surface area contributed by atoms with E-state index in [0.717, 1.165) is 9.75 Å². The van der Waals surface area contributed by atoms with Gasteiger partial charge in [0.25, 0.3) is 10.0 Å². The van der Waals surface area contributed by atoms with Gasteiger partial charge in [0.05, 0.1) is 18.3 Å². The molecule has 1 aromatic heterocycles. The van der Waals surface area contributed by atoms with Crippen LogP contribution in [0.5, 0.6) is 0 Å². The summed E-state index contributed by atoms with van der Waals surface area (Å²) in [5.74, 6) is 0. The first-order chi connectivity index (χ1) is 9.82. The van der Waals surface area contributed by atoms with Crippen LogP contribution in [-0.4, -0.2) is 26.2 Å². The molecule has 0 saturated heterocycles. The molecule has 0 fully saturated rings. The number of sulfonamides is 1. The van der Waals surface area contributed by atoms with Crippen LogP contribution >= 0.6 is 11.3 Å². The van der Waals surface area contributed by atoms with E-state index >= 15 is 0 Å². The van der Waals surface area contributed by atoms with E-state index in [0.29, 0.717) is 10.6 Å². The highest BCUT2D eigenvalue weighted by Gasteiger charge is 2.28. The minimum absolute atomic E-state index is 0.0285. The van der Waals surface area contributed by atoms with Crippen LogP contribution in [0, 0.1) is 13.8 Å². The number of aliphatic hydroxyl groups is 1. The molecule has 0 aliphatic rings. The molecule has 1 N–H and O–H groups in total. The predicted molar refractivity (Wildman–Crippen MR) is 86.4 cm³/mol. The number of aryl methyl sites for hydroxylation is 2. The number of aliphatic hydroxyl groups excluding tert-OH is 1. The third-order valence-electron chi connectivity index (χ3n) is 3.04. The smallest absolute Gasteiger partial charge is 0.265 e. The lowest BCUT2D eigenvalue weighted by Crippen LogP contribution is -2.36. The second-order valence-corrected chi connectivity index (χ2v) is 8.29. The molecular formula is C15H19NO3S2. The zero-order valence-electron chi connectivity index (χ0n) is 12.3. The maximum absolute atomic E-state index is 12.9. The van der Waals surface area contributed by atoms with E-state index in [1.807, 2.05) is 13.0 Å². The minimum atomic E-state index is -3.68. The lowest BCUT2D eigenvalue weighted by atomic mass is 10.3. The molecule has 2 aromatic rings. The lowest BCUT2D eigenvalue weighted by Gasteiger charge is -2.25. The summed E-state index contributed by atoms with van der Waals surface area (Å²) < 4.78 is 27.1. The van der Waals surface area contributed by atoms with Crippen molar-refractivity contribution in [3.8, 4) is 0 Å². The van der Waals surface area contributed by atoms with Crippen molar-refractivity contribution < 1.29 is 13.5 Å². The van der Waals surface area contributed by atoms with Crippen LogP contribution in [0.25, 0.3) is 0 Å². The van der Waals surface area contributed by atoms with Gasteiger partial charge < -0.3 is 5.11 Å². The number of hydrogen-bond donors (Lipinski definition) is 1. The van der Waals surface area contributed by atoms with Gasteiger partial charge in [-0.2, -0.15) is 0 Å². The Balaban J connectivity index is 2.52. The summed E-state index contributed by atoms with van der Waals surface area (Å²) in [6.07, 6.45) is -0.750. The summed E-state index contributed by atoms with van der Waals surface area (Å²) in [6, 6.07) is 10.5. The van der Waals surface area contributed by atoms with Crippen LogP contribution in [0.15, 0.2) is 41.3 Å². The number of anilines is 1. The molecular weight excluding hydrogens is 306 g/mol. The number of hydrogen-bond acceptors (Lipinski definition) is 4. The van der Waals surface area contributed by atoms with Crippen LogP contribution in [0.2, 0.25) is 0 Å². The minimum Gasteiger partial charge on any atom is -0.392 e. The largest absolute Gasteiger partial charge is 0.392 e. The summed E-state index contributed by atoms with van der Waals surface area (Å²) in [4.78, 5) is 2.03. The highest BCUT2D eigenvalue weighted by atomic mass is 32.2. The van der Waals surface area contributed by atoms with Crippen molar-refractivity contribution >= 4 is 27.0 Å². The predicted octanol–water partition coefficient (Wildman–Crippen LogP) is 2.94. The third-order valence-corrected chi connectivity index (χ3v) is 6.05. The van der Waals surface area contributed by atoms with Crippen LogP contribution < -0.4 is 4.31 Å². The molecule has 0 bridgehead atoms. The van der Waals surface area contributed by atoms with Gasteiger partial charge in [-0.25, -0.2) is 8.42 Å². The maximum Gasteiger partial charge on any atom is 0.265 e. The van der Waals surface area contributed by atoms with Crippen LogP contribution in [0.1, 0.15) is 16.7 Å². The molecule has 0 aliphatic carbocycles. The van der Waals surface area contributed by atoms with Gasteiger partial charge in [-0.15, -0.1) is 11.3 Å². The molecule has 0 spiro atoms. The van der Waals surface area contributed by atoms with E-state index in [1.165, 1.54) is 15.6 Å². The Kier molecular flexibility index (Phi) is 4.70. The Morgan fingerprint density at radius 2 is 1.86 bits per heavy atom. The van der Waals surface area contributed by atoms with E-state index in [9.17, 15) is 13.5 Å².